The van der Waals surface area contributed by atoms with Gasteiger partial charge in [-0.1, -0.05) is 50.6 Å². The lowest BCUT2D eigenvalue weighted by Crippen LogP contribution is -2.54. The summed E-state index contributed by atoms with van der Waals surface area (Å²) in [5.74, 6) is 0.146. The fraction of sp³-hybridized carbons (Fsp3) is 0.594. The van der Waals surface area contributed by atoms with E-state index >= 15 is 0 Å². The van der Waals surface area contributed by atoms with Crippen LogP contribution in [-0.2, 0) is 14.2 Å². The van der Waals surface area contributed by atoms with Gasteiger partial charge in [-0.2, -0.15) is 0 Å². The minimum Gasteiger partial charge on any atom is -0.504 e. The van der Waals surface area contributed by atoms with Crippen molar-refractivity contribution in [3.63, 3.8) is 0 Å². The van der Waals surface area contributed by atoms with E-state index in [0.717, 1.165) is 37.7 Å². The Balaban J connectivity index is 1.53. The summed E-state index contributed by atoms with van der Waals surface area (Å²) in [4.78, 5) is 13.7. The molecule has 38 heavy (non-hydrogen) atoms. The molecule has 0 amide bonds. The topological polar surface area (TPSA) is 74.2 Å². The molecule has 1 N–H and O–H groups in total. The molecule has 0 aliphatic carbocycles. The van der Waals surface area contributed by atoms with Crippen LogP contribution in [0.15, 0.2) is 35.9 Å². The maximum absolute atomic E-state index is 13.7. The van der Waals surface area contributed by atoms with Gasteiger partial charge in [0.1, 0.15) is 12.7 Å². The van der Waals surface area contributed by atoms with Gasteiger partial charge in [-0.25, -0.2) is 4.79 Å². The average Bonchev–Trinajstić information content (AvgIpc) is 3.30. The van der Waals surface area contributed by atoms with Gasteiger partial charge in [0.15, 0.2) is 17.3 Å². The Morgan fingerprint density at radius 3 is 2.76 bits per heavy atom. The van der Waals surface area contributed by atoms with E-state index in [1.165, 1.54) is 5.57 Å². The second-order valence-electron chi connectivity index (χ2n) is 11.8. The van der Waals surface area contributed by atoms with Crippen molar-refractivity contribution in [1.29, 1.82) is 0 Å². The van der Waals surface area contributed by atoms with Crippen molar-refractivity contribution in [2.75, 3.05) is 6.61 Å². The molecule has 2 bridgehead atoms. The molecule has 4 heterocycles. The molecule has 4 aliphatic rings. The summed E-state index contributed by atoms with van der Waals surface area (Å²) >= 11 is 0. The van der Waals surface area contributed by atoms with Crippen LogP contribution >= 0.6 is 0 Å². The first-order valence-electron chi connectivity index (χ1n) is 14.3. The van der Waals surface area contributed by atoms with Crippen LogP contribution in [0.1, 0.15) is 94.1 Å². The largest absolute Gasteiger partial charge is 0.504 e. The molecular formula is C32H42O6. The van der Waals surface area contributed by atoms with E-state index in [1.807, 2.05) is 12.2 Å². The minimum atomic E-state index is -0.731. The second kappa shape index (κ2) is 10.9. The highest BCUT2D eigenvalue weighted by atomic mass is 16.7. The van der Waals surface area contributed by atoms with Gasteiger partial charge in [0.2, 0.25) is 0 Å². The number of allylic oxidation sites excluding steroid dienone is 4. The van der Waals surface area contributed by atoms with E-state index in [4.69, 9.17) is 18.9 Å². The predicted octanol–water partition coefficient (Wildman–Crippen LogP) is 7.03. The third-order valence-electron chi connectivity index (χ3n) is 8.57. The molecule has 6 heteroatoms. The molecule has 6 atom stereocenters. The van der Waals surface area contributed by atoms with Crippen molar-refractivity contribution in [1.82, 2.24) is 0 Å². The summed E-state index contributed by atoms with van der Waals surface area (Å²) < 4.78 is 25.4. The van der Waals surface area contributed by atoms with Crippen molar-refractivity contribution in [2.45, 2.75) is 104 Å². The minimum absolute atomic E-state index is 0.0767. The monoisotopic (exact) mass is 522 g/mol. The van der Waals surface area contributed by atoms with E-state index in [9.17, 15) is 9.90 Å². The van der Waals surface area contributed by atoms with Crippen LogP contribution in [0.4, 0.5) is 0 Å². The number of carbonyl (C=O) groups excluding carboxylic acids is 1. The zero-order chi connectivity index (χ0) is 27.0. The third-order valence-corrected chi connectivity index (χ3v) is 8.57. The van der Waals surface area contributed by atoms with E-state index < -0.39 is 11.8 Å². The van der Waals surface area contributed by atoms with Crippen molar-refractivity contribution >= 4 is 11.5 Å². The predicted molar refractivity (Wildman–Crippen MR) is 147 cm³/mol. The molecule has 6 nitrogen and oxygen atoms in total. The fourth-order valence-corrected chi connectivity index (χ4v) is 6.48. The number of ether oxygens (including phenoxy) is 4. The lowest BCUT2D eigenvalue weighted by Gasteiger charge is -2.49. The molecule has 0 saturated carbocycles. The van der Waals surface area contributed by atoms with Gasteiger partial charge >= 0.3 is 5.97 Å². The van der Waals surface area contributed by atoms with Crippen LogP contribution in [0.2, 0.25) is 0 Å². The van der Waals surface area contributed by atoms with Crippen LogP contribution in [0.5, 0.6) is 11.5 Å². The lowest BCUT2D eigenvalue weighted by molar-refractivity contribution is -0.334. The molecule has 5 rings (SSSR count). The van der Waals surface area contributed by atoms with Gasteiger partial charge in [0, 0.05) is 30.4 Å². The second-order valence-corrected chi connectivity index (χ2v) is 11.8. The van der Waals surface area contributed by atoms with Crippen LogP contribution in [-0.4, -0.2) is 41.8 Å². The SMILES string of the molecule is CCC1OC2(CCC1C)CC1CC(CC=C(C)CC(C)C=CC=C3COc4c(O)c(C)cc(c43)C(=O)O1)O2. The van der Waals surface area contributed by atoms with Crippen LogP contribution in [0, 0.1) is 18.8 Å². The number of phenolic OH excluding ortho intramolecular Hbond substituents is 1. The molecule has 0 aromatic heterocycles. The zero-order valence-corrected chi connectivity index (χ0v) is 23.4. The Morgan fingerprint density at radius 1 is 1.16 bits per heavy atom. The van der Waals surface area contributed by atoms with E-state index in [1.54, 1.807) is 13.0 Å². The summed E-state index contributed by atoms with van der Waals surface area (Å²) in [6, 6.07) is 1.72. The van der Waals surface area contributed by atoms with Gasteiger partial charge in [0.25, 0.3) is 0 Å². The summed E-state index contributed by atoms with van der Waals surface area (Å²) in [6.45, 7) is 10.9. The number of aromatic hydroxyl groups is 1. The van der Waals surface area contributed by atoms with Crippen molar-refractivity contribution < 1.29 is 28.8 Å². The number of hydrogen-bond donors (Lipinski definition) is 1. The number of hydrogen-bond acceptors (Lipinski definition) is 6. The van der Waals surface area contributed by atoms with Gasteiger partial charge in [-0.3, -0.25) is 0 Å². The molecule has 1 aromatic carbocycles. The maximum atomic E-state index is 13.7. The van der Waals surface area contributed by atoms with E-state index in [0.29, 0.717) is 53.7 Å². The quantitative estimate of drug-likeness (QED) is 0.315. The number of fused-ring (bicyclic) bond motifs is 2. The Labute approximate surface area is 226 Å². The van der Waals surface area contributed by atoms with Crippen molar-refractivity contribution in [3.05, 3.63) is 52.6 Å². The number of benzene rings is 1. The Bertz CT molecular complexity index is 1160. The number of rotatable bonds is 1. The van der Waals surface area contributed by atoms with E-state index in [2.05, 4.69) is 39.8 Å². The normalized spacial score (nSPS) is 33.7. The maximum Gasteiger partial charge on any atom is 0.339 e. The van der Waals surface area contributed by atoms with Gasteiger partial charge in [0.05, 0.1) is 17.8 Å². The van der Waals surface area contributed by atoms with Crippen LogP contribution in [0.25, 0.3) is 5.57 Å². The molecular weight excluding hydrogens is 480 g/mol. The molecule has 4 aliphatic heterocycles. The molecule has 1 aromatic rings. The van der Waals surface area contributed by atoms with Gasteiger partial charge in [-0.15, -0.1) is 0 Å². The molecule has 0 radical (unpaired) electrons. The summed E-state index contributed by atoms with van der Waals surface area (Å²) in [6.07, 6.45) is 13.8. The van der Waals surface area contributed by atoms with Crippen LogP contribution < -0.4 is 4.74 Å². The number of phenols is 1. The van der Waals surface area contributed by atoms with Gasteiger partial charge in [-0.05, 0) is 63.0 Å². The average molecular weight is 523 g/mol. The molecule has 2 saturated heterocycles. The first-order chi connectivity index (χ1) is 18.2. The molecule has 1 spiro atoms. The Morgan fingerprint density at radius 2 is 1.97 bits per heavy atom. The van der Waals surface area contributed by atoms with E-state index in [-0.39, 0.29) is 24.1 Å². The highest BCUT2D eigenvalue weighted by Gasteiger charge is 2.48. The first kappa shape index (κ1) is 27.0. The highest BCUT2D eigenvalue weighted by Crippen LogP contribution is 2.46. The Hall–Kier alpha value is -2.57. The smallest absolute Gasteiger partial charge is 0.339 e. The summed E-state index contributed by atoms with van der Waals surface area (Å²) in [5, 5.41) is 10.7. The lowest BCUT2D eigenvalue weighted by atomic mass is 9.85. The highest BCUT2D eigenvalue weighted by molar-refractivity contribution is 5.99. The molecule has 2 fully saturated rings. The summed E-state index contributed by atoms with van der Waals surface area (Å²) in [7, 11) is 0. The van der Waals surface area contributed by atoms with Crippen molar-refractivity contribution in [2.24, 2.45) is 11.8 Å². The van der Waals surface area contributed by atoms with Gasteiger partial charge < -0.3 is 24.1 Å². The fourth-order valence-electron chi connectivity index (χ4n) is 6.48. The van der Waals surface area contributed by atoms with Crippen molar-refractivity contribution in [3.8, 4) is 11.5 Å². The molecule has 6 unspecified atom stereocenters. The number of aryl methyl sites for hydroxylation is 1. The number of esters is 1. The van der Waals surface area contributed by atoms with Crippen LogP contribution in [0.3, 0.4) is 0 Å². The first-order valence-corrected chi connectivity index (χ1v) is 14.3. The Kier molecular flexibility index (Phi) is 7.74. The molecule has 206 valence electrons. The zero-order valence-electron chi connectivity index (χ0n) is 23.4. The standard InChI is InChI=1S/C32H42O6/c1-6-27-21(4)12-13-32(38-27)17-25-16-24(37-32)11-10-20(3)14-19(2)8-7-9-23-18-35-30-28(23)26(31(34)36-25)15-22(5)29(30)33/h7-10,15,19,21,24-25,27,33H,6,11-14,16-18H2,1-5H3. The summed E-state index contributed by atoms with van der Waals surface area (Å²) in [5.41, 5.74) is 3.84. The third kappa shape index (κ3) is 5.43. The number of carbonyl (C=O) groups is 1.